The van der Waals surface area contributed by atoms with Crippen molar-refractivity contribution in [3.8, 4) is 0 Å². The van der Waals surface area contributed by atoms with Gasteiger partial charge in [-0.1, -0.05) is 18.3 Å². The van der Waals surface area contributed by atoms with Gasteiger partial charge in [0.15, 0.2) is 0 Å². The molecule has 0 amide bonds. The van der Waals surface area contributed by atoms with Crippen molar-refractivity contribution >= 4 is 18.6 Å². The molecule has 0 atom stereocenters. The predicted octanol–water partition coefficient (Wildman–Crippen LogP) is 1.26. The van der Waals surface area contributed by atoms with Crippen LogP contribution in [0.5, 0.6) is 0 Å². The molecule has 1 aromatic rings. The van der Waals surface area contributed by atoms with Crippen molar-refractivity contribution in [3.05, 3.63) is 29.0 Å². The van der Waals surface area contributed by atoms with Crippen molar-refractivity contribution in [2.45, 2.75) is 0 Å². The summed E-state index contributed by atoms with van der Waals surface area (Å²) in [4.78, 5) is 10.1. The van der Waals surface area contributed by atoms with E-state index in [1.807, 2.05) is 0 Å². The maximum Gasteiger partial charge on any atom is 0.218 e. The zero-order valence-electron chi connectivity index (χ0n) is 4.65. The highest BCUT2D eigenvalue weighted by Gasteiger charge is 1.81. The molecule has 0 N–H and O–H groups in total. The monoisotopic (exact) mass is 139 g/mol. The number of hydrogen-bond donors (Lipinski definition) is 0. The van der Waals surface area contributed by atoms with Gasteiger partial charge in [-0.25, -0.2) is 0 Å². The molecule has 0 aliphatic carbocycles. The summed E-state index contributed by atoms with van der Waals surface area (Å²) < 4.78 is 1.88. The van der Waals surface area contributed by atoms with Gasteiger partial charge >= 0.3 is 0 Å². The third kappa shape index (κ3) is 1.23. The van der Waals surface area contributed by atoms with Crippen molar-refractivity contribution < 1.29 is 4.79 Å². The van der Waals surface area contributed by atoms with Crippen LogP contribution < -0.4 is 0 Å². The van der Waals surface area contributed by atoms with E-state index in [0.29, 0.717) is 11.1 Å². The van der Waals surface area contributed by atoms with Gasteiger partial charge in [0.2, 0.25) is 6.41 Å². The zero-order valence-corrected chi connectivity index (χ0v) is 5.47. The molecule has 2 nitrogen and oxygen atoms in total. The Morgan fingerprint density at radius 2 is 2.33 bits per heavy atom. The van der Waals surface area contributed by atoms with Crippen LogP contribution in [0, 0.1) is 4.64 Å². The molecule has 0 aliphatic heterocycles. The first kappa shape index (κ1) is 6.16. The number of aromatic nitrogens is 1. The first-order chi connectivity index (χ1) is 4.34. The fourth-order valence-corrected chi connectivity index (χ4v) is 0.709. The summed E-state index contributed by atoms with van der Waals surface area (Å²) in [7, 11) is 0. The van der Waals surface area contributed by atoms with Gasteiger partial charge in [0.1, 0.15) is 4.64 Å². The fourth-order valence-electron chi connectivity index (χ4n) is 0.527. The molecular weight excluding hydrogens is 134 g/mol. The molecule has 0 aromatic carbocycles. The summed E-state index contributed by atoms with van der Waals surface area (Å²) in [6.07, 6.45) is 2.30. The van der Waals surface area contributed by atoms with Gasteiger partial charge in [0, 0.05) is 6.20 Å². The van der Waals surface area contributed by atoms with E-state index in [0.717, 1.165) is 0 Å². The number of carbonyl (C=O) groups is 1. The number of carbonyl (C=O) groups excluding carboxylic acids is 1. The Morgan fingerprint density at radius 1 is 1.56 bits per heavy atom. The molecule has 0 fully saturated rings. The van der Waals surface area contributed by atoms with Crippen LogP contribution in [-0.2, 0) is 4.79 Å². The predicted molar refractivity (Wildman–Crippen MR) is 37.4 cm³/mol. The van der Waals surface area contributed by atoms with Crippen LogP contribution >= 0.6 is 12.2 Å². The molecule has 0 aliphatic rings. The second kappa shape index (κ2) is 2.55. The Hall–Kier alpha value is -0.960. The molecule has 1 heterocycles. The Bertz CT molecular complexity index is 266. The van der Waals surface area contributed by atoms with E-state index in [9.17, 15) is 4.79 Å². The summed E-state index contributed by atoms with van der Waals surface area (Å²) in [5.74, 6) is 0. The van der Waals surface area contributed by atoms with Crippen LogP contribution in [-0.4, -0.2) is 11.0 Å². The Kier molecular flexibility index (Phi) is 1.75. The quantitative estimate of drug-likeness (QED) is 0.431. The molecule has 1 aromatic heterocycles. The van der Waals surface area contributed by atoms with Crippen molar-refractivity contribution in [1.82, 2.24) is 4.57 Å². The van der Waals surface area contributed by atoms with Crippen LogP contribution in [0.15, 0.2) is 24.4 Å². The maximum absolute atomic E-state index is 10.1. The van der Waals surface area contributed by atoms with Crippen LogP contribution in [0.2, 0.25) is 0 Å². The van der Waals surface area contributed by atoms with E-state index < -0.39 is 0 Å². The van der Waals surface area contributed by atoms with E-state index in [4.69, 9.17) is 12.2 Å². The highest BCUT2D eigenvalue weighted by molar-refractivity contribution is 7.71. The number of pyridine rings is 1. The Balaban J connectivity index is 3.32. The fraction of sp³-hybridized carbons (Fsp3) is 0. The van der Waals surface area contributed by atoms with Gasteiger partial charge in [-0.15, -0.1) is 0 Å². The zero-order chi connectivity index (χ0) is 6.69. The van der Waals surface area contributed by atoms with Crippen LogP contribution in [0.25, 0.3) is 0 Å². The van der Waals surface area contributed by atoms with Crippen molar-refractivity contribution in [3.63, 3.8) is 0 Å². The summed E-state index contributed by atoms with van der Waals surface area (Å²) in [6, 6.07) is 5.25. The standard InChI is InChI=1S/C6H5NOS/c8-5-7-4-2-1-3-6(7)9/h1-5H. The van der Waals surface area contributed by atoms with Gasteiger partial charge in [0.05, 0.1) is 0 Å². The summed E-state index contributed by atoms with van der Waals surface area (Å²) in [5.41, 5.74) is 0. The molecule has 0 radical (unpaired) electrons. The van der Waals surface area contributed by atoms with Gasteiger partial charge < -0.3 is 0 Å². The minimum absolute atomic E-state index is 0.535. The lowest BCUT2D eigenvalue weighted by atomic mass is 10.5. The molecular formula is C6H5NOS. The van der Waals surface area contributed by atoms with E-state index in [2.05, 4.69) is 0 Å². The normalized spacial score (nSPS) is 8.89. The molecule has 1 rings (SSSR count). The molecule has 46 valence electrons. The average molecular weight is 139 g/mol. The SMILES string of the molecule is O=Cn1ccccc1=S. The topological polar surface area (TPSA) is 22.0 Å². The van der Waals surface area contributed by atoms with Crippen LogP contribution in [0.3, 0.4) is 0 Å². The molecule has 0 saturated carbocycles. The lowest BCUT2D eigenvalue weighted by Gasteiger charge is -1.90. The minimum atomic E-state index is 0.535. The summed E-state index contributed by atoms with van der Waals surface area (Å²) in [6.45, 7) is 0. The van der Waals surface area contributed by atoms with Crippen LogP contribution in [0.1, 0.15) is 0 Å². The number of rotatable bonds is 1. The van der Waals surface area contributed by atoms with E-state index in [-0.39, 0.29) is 0 Å². The molecule has 0 bridgehead atoms. The lowest BCUT2D eigenvalue weighted by molar-refractivity contribution is 0.546. The highest BCUT2D eigenvalue weighted by atomic mass is 32.1. The molecule has 0 unspecified atom stereocenters. The lowest BCUT2D eigenvalue weighted by Crippen LogP contribution is -1.94. The van der Waals surface area contributed by atoms with Crippen molar-refractivity contribution in [1.29, 1.82) is 0 Å². The summed E-state index contributed by atoms with van der Waals surface area (Å²) in [5, 5.41) is 0. The second-order valence-electron chi connectivity index (χ2n) is 1.55. The first-order valence-corrected chi connectivity index (χ1v) is 2.88. The Morgan fingerprint density at radius 3 is 2.78 bits per heavy atom. The minimum Gasteiger partial charge on any atom is -0.281 e. The maximum atomic E-state index is 10.1. The van der Waals surface area contributed by atoms with Crippen molar-refractivity contribution in [2.24, 2.45) is 0 Å². The molecule has 3 heteroatoms. The van der Waals surface area contributed by atoms with Gasteiger partial charge in [-0.05, 0) is 12.1 Å². The summed E-state index contributed by atoms with van der Waals surface area (Å²) >= 11 is 4.78. The van der Waals surface area contributed by atoms with Gasteiger partial charge in [-0.3, -0.25) is 9.36 Å². The van der Waals surface area contributed by atoms with E-state index in [1.165, 1.54) is 4.57 Å². The smallest absolute Gasteiger partial charge is 0.218 e. The first-order valence-electron chi connectivity index (χ1n) is 2.47. The van der Waals surface area contributed by atoms with Crippen molar-refractivity contribution in [2.75, 3.05) is 0 Å². The van der Waals surface area contributed by atoms with Gasteiger partial charge in [-0.2, -0.15) is 0 Å². The molecule has 0 saturated heterocycles. The highest BCUT2D eigenvalue weighted by Crippen LogP contribution is 1.87. The van der Waals surface area contributed by atoms with E-state index >= 15 is 0 Å². The van der Waals surface area contributed by atoms with Crippen LogP contribution in [0.4, 0.5) is 0 Å². The van der Waals surface area contributed by atoms with Gasteiger partial charge in [0.25, 0.3) is 0 Å². The Labute approximate surface area is 57.7 Å². The number of hydrogen-bond acceptors (Lipinski definition) is 2. The third-order valence-corrected chi connectivity index (χ3v) is 1.31. The number of nitrogens with zero attached hydrogens (tertiary/aromatic N) is 1. The van der Waals surface area contributed by atoms with E-state index in [1.54, 1.807) is 24.4 Å². The average Bonchev–Trinajstić information content (AvgIpc) is 1.89. The molecule has 0 spiro atoms. The molecule has 9 heavy (non-hydrogen) atoms. The largest absolute Gasteiger partial charge is 0.281 e. The third-order valence-electron chi connectivity index (χ3n) is 0.965. The second-order valence-corrected chi connectivity index (χ2v) is 1.97.